The van der Waals surface area contributed by atoms with Gasteiger partial charge in [0.25, 0.3) is 0 Å². The van der Waals surface area contributed by atoms with Crippen molar-refractivity contribution < 1.29 is 0 Å². The van der Waals surface area contributed by atoms with Crippen molar-refractivity contribution in [1.82, 2.24) is 10.6 Å². The van der Waals surface area contributed by atoms with Crippen LogP contribution in [0, 0.1) is 0 Å². The first-order valence-electron chi connectivity index (χ1n) is 7.39. The third-order valence-electron chi connectivity index (χ3n) is 3.68. The number of guanidine groups is 1. The average molecular weight is 291 g/mol. The first-order chi connectivity index (χ1) is 9.67. The fourth-order valence-corrected chi connectivity index (χ4v) is 3.21. The van der Waals surface area contributed by atoms with Gasteiger partial charge >= 0.3 is 0 Å². The van der Waals surface area contributed by atoms with E-state index in [9.17, 15) is 0 Å². The third-order valence-corrected chi connectivity index (χ3v) is 5.18. The van der Waals surface area contributed by atoms with Crippen molar-refractivity contribution in [3.8, 4) is 0 Å². The molecule has 1 aliphatic carbocycles. The van der Waals surface area contributed by atoms with Crippen LogP contribution in [0.5, 0.6) is 0 Å². The lowest BCUT2D eigenvalue weighted by Crippen LogP contribution is -2.44. The smallest absolute Gasteiger partial charge is 0.191 e. The minimum atomic E-state index is 0.356. The van der Waals surface area contributed by atoms with Crippen LogP contribution in [0.4, 0.5) is 0 Å². The summed E-state index contributed by atoms with van der Waals surface area (Å²) < 4.78 is 0.356. The summed E-state index contributed by atoms with van der Waals surface area (Å²) in [5, 5.41) is 6.89. The van der Waals surface area contributed by atoms with Gasteiger partial charge in [-0.05, 0) is 38.3 Å². The zero-order valence-corrected chi connectivity index (χ0v) is 13.5. The summed E-state index contributed by atoms with van der Waals surface area (Å²) in [6, 6.07) is 11.1. The summed E-state index contributed by atoms with van der Waals surface area (Å²) in [6.45, 7) is 5.33. The Morgan fingerprint density at radius 1 is 1.35 bits per heavy atom. The first-order valence-corrected chi connectivity index (χ1v) is 8.20. The highest BCUT2D eigenvalue weighted by atomic mass is 32.2. The number of benzene rings is 1. The number of aliphatic imine (C=N–C) groups is 1. The highest BCUT2D eigenvalue weighted by Crippen LogP contribution is 2.51. The number of hydrogen-bond donors (Lipinski definition) is 2. The quantitative estimate of drug-likeness (QED) is 0.624. The molecule has 2 N–H and O–H groups in total. The lowest BCUT2D eigenvalue weighted by molar-refractivity contribution is 0.622. The van der Waals surface area contributed by atoms with E-state index in [2.05, 4.69) is 59.8 Å². The van der Waals surface area contributed by atoms with E-state index in [1.165, 1.54) is 17.7 Å². The molecule has 4 heteroatoms. The number of rotatable bonds is 6. The number of hydrogen-bond acceptors (Lipinski definition) is 2. The molecule has 0 aromatic heterocycles. The van der Waals surface area contributed by atoms with Gasteiger partial charge in [-0.15, -0.1) is 11.8 Å². The topological polar surface area (TPSA) is 36.4 Å². The highest BCUT2D eigenvalue weighted by molar-refractivity contribution is 8.01. The van der Waals surface area contributed by atoms with Crippen molar-refractivity contribution in [2.24, 2.45) is 4.99 Å². The van der Waals surface area contributed by atoms with Gasteiger partial charge in [0.15, 0.2) is 5.96 Å². The molecule has 0 radical (unpaired) electrons. The molecule has 1 fully saturated rings. The molecule has 110 valence electrons. The van der Waals surface area contributed by atoms with Crippen LogP contribution in [-0.2, 0) is 0 Å². The van der Waals surface area contributed by atoms with Crippen molar-refractivity contribution in [2.45, 2.75) is 48.8 Å². The summed E-state index contributed by atoms with van der Waals surface area (Å²) in [5.74, 6) is 0.916. The lowest BCUT2D eigenvalue weighted by Gasteiger charge is -2.20. The van der Waals surface area contributed by atoms with Gasteiger partial charge in [0, 0.05) is 29.3 Å². The molecule has 1 aromatic rings. The molecule has 1 unspecified atom stereocenters. The zero-order valence-electron chi connectivity index (χ0n) is 12.6. The van der Waals surface area contributed by atoms with Crippen molar-refractivity contribution in [3.05, 3.63) is 30.3 Å². The molecule has 0 bridgehead atoms. The van der Waals surface area contributed by atoms with Crippen LogP contribution in [0.3, 0.4) is 0 Å². The largest absolute Gasteiger partial charge is 0.355 e. The van der Waals surface area contributed by atoms with E-state index in [1.54, 1.807) is 0 Å². The molecule has 1 saturated carbocycles. The SMILES string of the molecule is CCC(C)NC(=NC)NCC1(Sc2ccccc2)CC1. The van der Waals surface area contributed by atoms with Crippen LogP contribution in [0.1, 0.15) is 33.1 Å². The van der Waals surface area contributed by atoms with E-state index in [1.807, 2.05) is 18.8 Å². The van der Waals surface area contributed by atoms with Gasteiger partial charge in [-0.1, -0.05) is 25.1 Å². The van der Waals surface area contributed by atoms with Gasteiger partial charge in [-0.25, -0.2) is 0 Å². The fraction of sp³-hybridized carbons (Fsp3) is 0.562. The molecule has 0 spiro atoms. The molecular weight excluding hydrogens is 266 g/mol. The van der Waals surface area contributed by atoms with Gasteiger partial charge < -0.3 is 10.6 Å². The van der Waals surface area contributed by atoms with Crippen molar-refractivity contribution in [1.29, 1.82) is 0 Å². The van der Waals surface area contributed by atoms with Gasteiger partial charge in [-0.3, -0.25) is 4.99 Å². The van der Waals surface area contributed by atoms with Crippen LogP contribution in [0.25, 0.3) is 0 Å². The third kappa shape index (κ3) is 4.44. The van der Waals surface area contributed by atoms with E-state index in [0.717, 1.165) is 18.9 Å². The molecule has 1 atom stereocenters. The fourth-order valence-electron chi connectivity index (χ4n) is 1.97. The Kier molecular flexibility index (Phi) is 5.35. The Morgan fingerprint density at radius 3 is 2.60 bits per heavy atom. The predicted molar refractivity (Wildman–Crippen MR) is 88.5 cm³/mol. The van der Waals surface area contributed by atoms with Gasteiger partial charge in [0.2, 0.25) is 0 Å². The maximum Gasteiger partial charge on any atom is 0.191 e. The summed E-state index contributed by atoms with van der Waals surface area (Å²) in [4.78, 5) is 5.66. The van der Waals surface area contributed by atoms with E-state index >= 15 is 0 Å². The Hall–Kier alpha value is -1.16. The number of thioether (sulfide) groups is 1. The summed E-state index contributed by atoms with van der Waals surface area (Å²) in [6.07, 6.45) is 3.66. The summed E-state index contributed by atoms with van der Waals surface area (Å²) in [7, 11) is 1.83. The van der Waals surface area contributed by atoms with Gasteiger partial charge in [0.1, 0.15) is 0 Å². The van der Waals surface area contributed by atoms with Gasteiger partial charge in [0.05, 0.1) is 0 Å². The molecule has 3 nitrogen and oxygen atoms in total. The molecule has 1 aromatic carbocycles. The molecule has 2 rings (SSSR count). The maximum atomic E-state index is 4.30. The van der Waals surface area contributed by atoms with Crippen molar-refractivity contribution >= 4 is 17.7 Å². The second-order valence-corrected chi connectivity index (χ2v) is 7.02. The average Bonchev–Trinajstić information content (AvgIpc) is 3.24. The molecule has 0 aliphatic heterocycles. The first kappa shape index (κ1) is 15.2. The number of nitrogens with zero attached hydrogens (tertiary/aromatic N) is 1. The van der Waals surface area contributed by atoms with Crippen LogP contribution in [0.15, 0.2) is 40.2 Å². The minimum Gasteiger partial charge on any atom is -0.355 e. The second-order valence-electron chi connectivity index (χ2n) is 5.48. The summed E-state index contributed by atoms with van der Waals surface area (Å²) in [5.41, 5.74) is 0. The standard InChI is InChI=1S/C16H25N3S/c1-4-13(2)19-15(17-3)18-12-16(10-11-16)20-14-8-6-5-7-9-14/h5-9,13H,4,10-12H2,1-3H3,(H2,17,18,19). The van der Waals surface area contributed by atoms with E-state index < -0.39 is 0 Å². The Bertz CT molecular complexity index is 440. The molecule has 1 aliphatic rings. The van der Waals surface area contributed by atoms with E-state index in [0.29, 0.717) is 10.8 Å². The molecule has 0 heterocycles. The van der Waals surface area contributed by atoms with Crippen LogP contribution in [-0.4, -0.2) is 30.3 Å². The number of nitrogens with one attached hydrogen (secondary N) is 2. The summed E-state index contributed by atoms with van der Waals surface area (Å²) >= 11 is 1.99. The minimum absolute atomic E-state index is 0.356. The molecular formula is C16H25N3S. The lowest BCUT2D eigenvalue weighted by atomic mass is 10.3. The van der Waals surface area contributed by atoms with Crippen LogP contribution >= 0.6 is 11.8 Å². The maximum absolute atomic E-state index is 4.30. The monoisotopic (exact) mass is 291 g/mol. The Balaban J connectivity index is 1.83. The van der Waals surface area contributed by atoms with Crippen molar-refractivity contribution in [3.63, 3.8) is 0 Å². The van der Waals surface area contributed by atoms with E-state index in [4.69, 9.17) is 0 Å². The second kappa shape index (κ2) is 7.02. The van der Waals surface area contributed by atoms with Crippen LogP contribution < -0.4 is 10.6 Å². The zero-order chi connectivity index (χ0) is 14.4. The van der Waals surface area contributed by atoms with Crippen LogP contribution in [0.2, 0.25) is 0 Å². The Morgan fingerprint density at radius 2 is 2.05 bits per heavy atom. The predicted octanol–water partition coefficient (Wildman–Crippen LogP) is 3.27. The highest BCUT2D eigenvalue weighted by Gasteiger charge is 2.43. The van der Waals surface area contributed by atoms with Gasteiger partial charge in [-0.2, -0.15) is 0 Å². The van der Waals surface area contributed by atoms with E-state index in [-0.39, 0.29) is 0 Å². The molecule has 20 heavy (non-hydrogen) atoms. The Labute approximate surface area is 126 Å². The van der Waals surface area contributed by atoms with Crippen molar-refractivity contribution in [2.75, 3.05) is 13.6 Å². The normalized spacial score (nSPS) is 18.4. The molecule has 0 amide bonds. The molecule has 0 saturated heterocycles.